The van der Waals surface area contributed by atoms with Crippen LogP contribution in [0.3, 0.4) is 0 Å². The Balaban J connectivity index is 2.02. The van der Waals surface area contributed by atoms with Crippen molar-refractivity contribution in [3.63, 3.8) is 0 Å². The van der Waals surface area contributed by atoms with Gasteiger partial charge in [-0.05, 0) is 35.6 Å². The van der Waals surface area contributed by atoms with E-state index in [4.69, 9.17) is 34.8 Å². The van der Waals surface area contributed by atoms with Crippen LogP contribution in [0.1, 0.15) is 22.9 Å². The van der Waals surface area contributed by atoms with Gasteiger partial charge in [-0.1, -0.05) is 41.7 Å². The van der Waals surface area contributed by atoms with Gasteiger partial charge in [-0.25, -0.2) is 0 Å². The summed E-state index contributed by atoms with van der Waals surface area (Å²) in [6, 6.07) is 5.65. The van der Waals surface area contributed by atoms with Gasteiger partial charge in [-0.15, -0.1) is 11.3 Å². The van der Waals surface area contributed by atoms with Crippen LogP contribution in [0.25, 0.3) is 0 Å². The molecule has 102 valence electrons. The first-order valence-corrected chi connectivity index (χ1v) is 8.03. The number of halogens is 3. The fourth-order valence-electron chi connectivity index (χ4n) is 1.87. The number of hydrogen-bond donors (Lipinski definition) is 1. The van der Waals surface area contributed by atoms with Crippen LogP contribution in [-0.2, 0) is 19.5 Å². The molecule has 0 fully saturated rings. The first kappa shape index (κ1) is 15.1. The van der Waals surface area contributed by atoms with E-state index >= 15 is 0 Å². The van der Waals surface area contributed by atoms with E-state index in [-0.39, 0.29) is 0 Å². The Morgan fingerprint density at radius 2 is 1.79 bits per heavy atom. The van der Waals surface area contributed by atoms with Crippen molar-refractivity contribution >= 4 is 46.1 Å². The molecule has 2 rings (SSSR count). The zero-order valence-electron chi connectivity index (χ0n) is 10.5. The Morgan fingerprint density at radius 3 is 2.53 bits per heavy atom. The van der Waals surface area contributed by atoms with E-state index in [9.17, 15) is 0 Å². The van der Waals surface area contributed by atoms with E-state index in [0.29, 0.717) is 21.6 Å². The molecule has 0 bridgehead atoms. The van der Waals surface area contributed by atoms with Crippen molar-refractivity contribution in [1.82, 2.24) is 5.32 Å². The largest absolute Gasteiger partial charge is 0.308 e. The van der Waals surface area contributed by atoms with Crippen molar-refractivity contribution in [2.24, 2.45) is 0 Å². The molecule has 1 N–H and O–H groups in total. The van der Waals surface area contributed by atoms with Crippen molar-refractivity contribution in [3.8, 4) is 0 Å². The summed E-state index contributed by atoms with van der Waals surface area (Å²) >= 11 is 20.1. The standard InChI is InChI=1S/C14H14Cl3NS/c1-2-9-5-6-19-13(9)8-18-7-10-11(15)3-4-12(16)14(10)17/h3-6,18H,2,7-8H2,1H3. The average molecular weight is 335 g/mol. The zero-order valence-corrected chi connectivity index (χ0v) is 13.6. The van der Waals surface area contributed by atoms with Crippen LogP contribution in [-0.4, -0.2) is 0 Å². The average Bonchev–Trinajstić information content (AvgIpc) is 2.85. The molecule has 2 aromatic rings. The van der Waals surface area contributed by atoms with Gasteiger partial charge < -0.3 is 5.32 Å². The van der Waals surface area contributed by atoms with Gasteiger partial charge in [0.15, 0.2) is 0 Å². The lowest BCUT2D eigenvalue weighted by molar-refractivity contribution is 0.697. The highest BCUT2D eigenvalue weighted by atomic mass is 35.5. The van der Waals surface area contributed by atoms with E-state index in [0.717, 1.165) is 18.5 Å². The quantitative estimate of drug-likeness (QED) is 0.706. The monoisotopic (exact) mass is 333 g/mol. The van der Waals surface area contributed by atoms with Gasteiger partial charge in [0.2, 0.25) is 0 Å². The Kier molecular flexibility index (Phi) is 5.55. The van der Waals surface area contributed by atoms with Crippen molar-refractivity contribution < 1.29 is 0 Å². The molecule has 0 unspecified atom stereocenters. The first-order chi connectivity index (χ1) is 9.13. The highest BCUT2D eigenvalue weighted by Crippen LogP contribution is 2.31. The molecule has 0 saturated carbocycles. The number of hydrogen-bond acceptors (Lipinski definition) is 2. The fourth-order valence-corrected chi connectivity index (χ4v) is 3.50. The minimum absolute atomic E-state index is 0.531. The van der Waals surface area contributed by atoms with Crippen LogP contribution in [0.2, 0.25) is 15.1 Å². The van der Waals surface area contributed by atoms with Crippen LogP contribution < -0.4 is 5.32 Å². The van der Waals surface area contributed by atoms with Crippen LogP contribution in [0.5, 0.6) is 0 Å². The van der Waals surface area contributed by atoms with Gasteiger partial charge in [0.1, 0.15) is 0 Å². The molecule has 1 heterocycles. The lowest BCUT2D eigenvalue weighted by Crippen LogP contribution is -2.13. The highest BCUT2D eigenvalue weighted by Gasteiger charge is 2.09. The van der Waals surface area contributed by atoms with Gasteiger partial charge in [0.25, 0.3) is 0 Å². The third-order valence-corrected chi connectivity index (χ3v) is 5.11. The van der Waals surface area contributed by atoms with Crippen LogP contribution in [0, 0.1) is 0 Å². The summed E-state index contributed by atoms with van der Waals surface area (Å²) in [6.07, 6.45) is 1.05. The van der Waals surface area contributed by atoms with Crippen molar-refractivity contribution in [2.75, 3.05) is 0 Å². The lowest BCUT2D eigenvalue weighted by atomic mass is 10.2. The molecule has 0 amide bonds. The molecule has 0 atom stereocenters. The molecule has 0 aliphatic carbocycles. The maximum atomic E-state index is 6.16. The fraction of sp³-hybridized carbons (Fsp3) is 0.286. The predicted molar refractivity (Wildman–Crippen MR) is 85.7 cm³/mol. The third kappa shape index (κ3) is 3.65. The highest BCUT2D eigenvalue weighted by molar-refractivity contribution is 7.10. The number of nitrogens with one attached hydrogen (secondary N) is 1. The van der Waals surface area contributed by atoms with Gasteiger partial charge >= 0.3 is 0 Å². The molecular formula is C14H14Cl3NS. The minimum atomic E-state index is 0.531. The van der Waals surface area contributed by atoms with E-state index in [1.54, 1.807) is 23.5 Å². The molecule has 1 nitrogen and oxygen atoms in total. The maximum absolute atomic E-state index is 6.16. The SMILES string of the molecule is CCc1ccsc1CNCc1c(Cl)ccc(Cl)c1Cl. The molecule has 0 spiro atoms. The van der Waals surface area contributed by atoms with E-state index < -0.39 is 0 Å². The number of benzene rings is 1. The molecule has 19 heavy (non-hydrogen) atoms. The van der Waals surface area contributed by atoms with Gasteiger partial charge in [0.05, 0.1) is 10.0 Å². The summed E-state index contributed by atoms with van der Waals surface area (Å²) in [5, 5.41) is 7.20. The Hall–Kier alpha value is -0.250. The summed E-state index contributed by atoms with van der Waals surface area (Å²) in [4.78, 5) is 1.36. The van der Waals surface area contributed by atoms with Crippen molar-refractivity contribution in [3.05, 3.63) is 54.7 Å². The first-order valence-electron chi connectivity index (χ1n) is 6.01. The second kappa shape index (κ2) is 6.96. The molecule has 0 aliphatic rings. The molecular weight excluding hydrogens is 321 g/mol. The topological polar surface area (TPSA) is 12.0 Å². The van der Waals surface area contributed by atoms with Crippen LogP contribution in [0.4, 0.5) is 0 Å². The molecule has 0 aliphatic heterocycles. The summed E-state index contributed by atoms with van der Waals surface area (Å²) < 4.78 is 0. The Morgan fingerprint density at radius 1 is 1.05 bits per heavy atom. The molecule has 0 radical (unpaired) electrons. The normalized spacial score (nSPS) is 10.9. The molecule has 0 saturated heterocycles. The lowest BCUT2D eigenvalue weighted by Gasteiger charge is -2.10. The maximum Gasteiger partial charge on any atom is 0.0652 e. The molecule has 1 aromatic carbocycles. The zero-order chi connectivity index (χ0) is 13.8. The summed E-state index contributed by atoms with van der Waals surface area (Å²) in [5.41, 5.74) is 2.24. The van der Waals surface area contributed by atoms with Gasteiger partial charge in [0, 0.05) is 28.6 Å². The number of aryl methyl sites for hydroxylation is 1. The third-order valence-electron chi connectivity index (χ3n) is 2.94. The Bertz CT molecular complexity index is 566. The van der Waals surface area contributed by atoms with E-state index in [2.05, 4.69) is 23.7 Å². The van der Waals surface area contributed by atoms with Gasteiger partial charge in [-0.3, -0.25) is 0 Å². The Labute approximate surface area is 132 Å². The molecule has 1 aromatic heterocycles. The number of rotatable bonds is 5. The predicted octanol–water partition coefficient (Wildman–Crippen LogP) is 5.56. The van der Waals surface area contributed by atoms with Crippen LogP contribution in [0.15, 0.2) is 23.6 Å². The summed E-state index contributed by atoms with van der Waals surface area (Å²) in [5.74, 6) is 0. The smallest absolute Gasteiger partial charge is 0.0652 e. The minimum Gasteiger partial charge on any atom is -0.308 e. The second-order valence-electron chi connectivity index (χ2n) is 4.15. The van der Waals surface area contributed by atoms with E-state index in [1.165, 1.54) is 10.4 Å². The van der Waals surface area contributed by atoms with Crippen molar-refractivity contribution in [2.45, 2.75) is 26.4 Å². The van der Waals surface area contributed by atoms with E-state index in [1.807, 2.05) is 0 Å². The second-order valence-corrected chi connectivity index (χ2v) is 6.34. The van der Waals surface area contributed by atoms with Crippen molar-refractivity contribution in [1.29, 1.82) is 0 Å². The molecule has 5 heteroatoms. The van der Waals surface area contributed by atoms with Crippen LogP contribution >= 0.6 is 46.1 Å². The summed E-state index contributed by atoms with van der Waals surface area (Å²) in [6.45, 7) is 3.59. The summed E-state index contributed by atoms with van der Waals surface area (Å²) in [7, 11) is 0. The number of thiophene rings is 1. The van der Waals surface area contributed by atoms with Gasteiger partial charge in [-0.2, -0.15) is 0 Å².